The van der Waals surface area contributed by atoms with E-state index in [1.54, 1.807) is 64.8 Å². The summed E-state index contributed by atoms with van der Waals surface area (Å²) < 4.78 is 24.0. The van der Waals surface area contributed by atoms with Gasteiger partial charge in [0.15, 0.2) is 10.3 Å². The summed E-state index contributed by atoms with van der Waals surface area (Å²) in [6.45, 7) is 8.26. The first-order chi connectivity index (χ1) is 29.0. The van der Waals surface area contributed by atoms with Gasteiger partial charge >= 0.3 is 11.9 Å². The predicted octanol–water partition coefficient (Wildman–Crippen LogP) is 7.46. The highest BCUT2D eigenvalue weighted by Gasteiger charge is 2.16. The number of carbonyl (C=O) groups is 2. The van der Waals surface area contributed by atoms with E-state index in [-0.39, 0.29) is 25.0 Å². The van der Waals surface area contributed by atoms with Crippen LogP contribution < -0.4 is 40.5 Å². The van der Waals surface area contributed by atoms with Crippen molar-refractivity contribution in [3.05, 3.63) is 106 Å². The minimum atomic E-state index is -0.929. The van der Waals surface area contributed by atoms with Gasteiger partial charge in [0.05, 0.1) is 73.1 Å². The first-order valence-electron chi connectivity index (χ1n) is 18.4. The zero-order valence-electron chi connectivity index (χ0n) is 34.2. The second-order valence-electron chi connectivity index (χ2n) is 13.1. The van der Waals surface area contributed by atoms with Crippen molar-refractivity contribution < 1.29 is 38.2 Å². The summed E-state index contributed by atoms with van der Waals surface area (Å²) >= 11 is 2.81. The molecule has 60 heavy (non-hydrogen) atoms. The SMILES string of the molecule is COc1cccc(OC)c1CN=C(NOC(=O)/C=C/C(=O)ONC(=NCc1c(OC)cccc1OC)Nc1nc2cc(C)c(C)cc2s1)Nc1nc2cc(C)c(C)cc2s1. The number of ether oxygens (including phenoxy) is 4. The van der Waals surface area contributed by atoms with Crippen molar-refractivity contribution in [2.75, 3.05) is 39.1 Å². The van der Waals surface area contributed by atoms with Crippen LogP contribution in [0.4, 0.5) is 10.3 Å². The Morgan fingerprint density at radius 1 is 0.583 bits per heavy atom. The Morgan fingerprint density at radius 2 is 0.933 bits per heavy atom. The quantitative estimate of drug-likeness (QED) is 0.0411. The number of aliphatic imine (C=N–C) groups is 2. The molecule has 0 radical (unpaired) electrons. The highest BCUT2D eigenvalue weighted by atomic mass is 32.1. The fourth-order valence-electron chi connectivity index (χ4n) is 5.75. The van der Waals surface area contributed by atoms with Crippen molar-refractivity contribution in [1.82, 2.24) is 20.9 Å². The molecule has 0 aliphatic heterocycles. The average molecular weight is 853 g/mol. The molecule has 6 aromatic rings. The van der Waals surface area contributed by atoms with Gasteiger partial charge in [0, 0.05) is 12.2 Å². The monoisotopic (exact) mass is 852 g/mol. The Morgan fingerprint density at radius 3 is 1.28 bits per heavy atom. The van der Waals surface area contributed by atoms with Crippen LogP contribution in [-0.4, -0.2) is 62.3 Å². The molecule has 0 atom stereocenters. The maximum atomic E-state index is 12.9. The first-order valence-corrected chi connectivity index (χ1v) is 20.0. The Labute approximate surface area is 354 Å². The summed E-state index contributed by atoms with van der Waals surface area (Å²) in [5.41, 5.74) is 12.5. The molecule has 6 rings (SSSR count). The van der Waals surface area contributed by atoms with Crippen molar-refractivity contribution in [3.8, 4) is 23.0 Å². The lowest BCUT2D eigenvalue weighted by molar-refractivity contribution is -0.144. The lowest BCUT2D eigenvalue weighted by Crippen LogP contribution is -2.33. The van der Waals surface area contributed by atoms with Gasteiger partial charge in [-0.05, 0) is 98.5 Å². The van der Waals surface area contributed by atoms with Crippen molar-refractivity contribution in [2.45, 2.75) is 40.8 Å². The van der Waals surface area contributed by atoms with Gasteiger partial charge in [-0.25, -0.2) is 29.5 Å². The van der Waals surface area contributed by atoms with Crippen molar-refractivity contribution in [1.29, 1.82) is 0 Å². The van der Waals surface area contributed by atoms with E-state index in [0.717, 1.165) is 54.8 Å². The molecule has 0 unspecified atom stereocenters. The second-order valence-corrected chi connectivity index (χ2v) is 15.1. The van der Waals surface area contributed by atoms with E-state index >= 15 is 0 Å². The third kappa shape index (κ3) is 10.6. The number of guanidine groups is 2. The number of hydroxylamine groups is 2. The number of aryl methyl sites for hydroxylation is 4. The normalized spacial score (nSPS) is 11.7. The smallest absolute Gasteiger partial charge is 0.356 e. The lowest BCUT2D eigenvalue weighted by Gasteiger charge is -2.13. The molecule has 312 valence electrons. The van der Waals surface area contributed by atoms with E-state index in [9.17, 15) is 9.59 Å². The molecule has 0 spiro atoms. The van der Waals surface area contributed by atoms with Crippen LogP contribution in [0.1, 0.15) is 33.4 Å². The number of thiazole rings is 2. The minimum Gasteiger partial charge on any atom is -0.496 e. The molecule has 0 amide bonds. The van der Waals surface area contributed by atoms with Crippen LogP contribution in [0.15, 0.2) is 82.8 Å². The summed E-state index contributed by atoms with van der Waals surface area (Å²) in [6.07, 6.45) is 1.78. The van der Waals surface area contributed by atoms with Gasteiger partial charge in [0.2, 0.25) is 11.9 Å². The summed E-state index contributed by atoms with van der Waals surface area (Å²) in [5, 5.41) is 7.20. The van der Waals surface area contributed by atoms with Gasteiger partial charge in [-0.1, -0.05) is 34.8 Å². The number of aromatic nitrogens is 2. The largest absolute Gasteiger partial charge is 0.496 e. The fourth-order valence-corrected chi connectivity index (χ4v) is 7.64. The lowest BCUT2D eigenvalue weighted by atomic mass is 10.1. The van der Waals surface area contributed by atoms with E-state index in [1.165, 1.54) is 22.7 Å². The molecule has 0 fully saturated rings. The topological polar surface area (TPSA) is 188 Å². The number of rotatable bonds is 12. The van der Waals surface area contributed by atoms with Gasteiger partial charge in [0.25, 0.3) is 0 Å². The number of methoxy groups -OCH3 is 4. The molecule has 4 aromatic carbocycles. The highest BCUT2D eigenvalue weighted by Crippen LogP contribution is 2.32. The van der Waals surface area contributed by atoms with Crippen molar-refractivity contribution in [3.63, 3.8) is 0 Å². The van der Waals surface area contributed by atoms with Gasteiger partial charge in [0.1, 0.15) is 23.0 Å². The molecule has 4 N–H and O–H groups in total. The van der Waals surface area contributed by atoms with Crippen LogP contribution >= 0.6 is 22.7 Å². The number of hydrogen-bond donors (Lipinski definition) is 4. The minimum absolute atomic E-state index is 0.0558. The van der Waals surface area contributed by atoms with Gasteiger partial charge < -0.3 is 28.6 Å². The van der Waals surface area contributed by atoms with Gasteiger partial charge in [-0.3, -0.25) is 10.6 Å². The average Bonchev–Trinajstić information content (AvgIpc) is 3.82. The van der Waals surface area contributed by atoms with Crippen LogP contribution in [0.25, 0.3) is 20.4 Å². The Balaban J connectivity index is 1.15. The third-order valence-electron chi connectivity index (χ3n) is 9.16. The summed E-state index contributed by atoms with van der Waals surface area (Å²) in [5.74, 6) is 0.490. The van der Waals surface area contributed by atoms with Gasteiger partial charge in [-0.15, -0.1) is 0 Å². The predicted molar refractivity (Wildman–Crippen MR) is 234 cm³/mol. The number of carbonyl (C=O) groups excluding carboxylic acids is 2. The third-order valence-corrected chi connectivity index (χ3v) is 11.0. The highest BCUT2D eigenvalue weighted by molar-refractivity contribution is 7.22. The zero-order valence-corrected chi connectivity index (χ0v) is 35.8. The summed E-state index contributed by atoms with van der Waals surface area (Å²) in [4.78, 5) is 54.9. The molecule has 2 aromatic heterocycles. The summed E-state index contributed by atoms with van der Waals surface area (Å²) in [7, 11) is 6.19. The van der Waals surface area contributed by atoms with Crippen LogP contribution in [0.2, 0.25) is 0 Å². The number of anilines is 2. The first kappa shape index (κ1) is 42.7. The van der Waals surface area contributed by atoms with E-state index in [2.05, 4.69) is 53.7 Å². The zero-order chi connectivity index (χ0) is 42.8. The maximum Gasteiger partial charge on any atom is 0.356 e. The molecule has 0 bridgehead atoms. The number of nitrogens with zero attached hydrogens (tertiary/aromatic N) is 4. The van der Waals surface area contributed by atoms with Crippen molar-refractivity contribution >= 4 is 77.2 Å². The Bertz CT molecular complexity index is 2320. The molecule has 0 aliphatic carbocycles. The molecule has 2 heterocycles. The van der Waals surface area contributed by atoms with Crippen LogP contribution in [0.5, 0.6) is 23.0 Å². The van der Waals surface area contributed by atoms with Gasteiger partial charge in [-0.2, -0.15) is 11.0 Å². The molecule has 0 aliphatic rings. The Hall–Kier alpha value is -6.92. The Kier molecular flexibility index (Phi) is 14.0. The van der Waals surface area contributed by atoms with Crippen LogP contribution in [0.3, 0.4) is 0 Å². The van der Waals surface area contributed by atoms with E-state index in [1.807, 2.05) is 39.8 Å². The fraction of sp³-hybridized carbons (Fsp3) is 0.238. The molecule has 0 saturated heterocycles. The summed E-state index contributed by atoms with van der Waals surface area (Å²) in [6, 6.07) is 18.9. The second kappa shape index (κ2) is 19.7. The van der Waals surface area contributed by atoms with E-state index in [4.69, 9.17) is 28.6 Å². The maximum absolute atomic E-state index is 12.9. The van der Waals surface area contributed by atoms with E-state index < -0.39 is 11.9 Å². The molecule has 18 heteroatoms. The van der Waals surface area contributed by atoms with Crippen molar-refractivity contribution in [2.24, 2.45) is 9.98 Å². The molecule has 0 saturated carbocycles. The number of fused-ring (bicyclic) bond motifs is 2. The standard InChI is InChI=1S/C42H44N8O8S2/c1-23-17-29-35(19-25(23)3)59-41(45-29)47-39(43-21-27-31(53-5)11-9-12-32(27)54-6)49-57-37(51)15-16-38(52)58-50-40(44-22-28-33(55-7)13-10-14-34(28)56-8)48-42-46-30-18-24(2)26(4)20-36(30)60-42/h9-20H,21-22H2,1-8H3,(H2,43,45,47,49)(H2,44,46,48,50)/b16-15+. The van der Waals surface area contributed by atoms with Crippen LogP contribution in [-0.2, 0) is 32.4 Å². The van der Waals surface area contributed by atoms with Crippen LogP contribution in [0, 0.1) is 27.7 Å². The number of nitrogens with one attached hydrogen (secondary N) is 4. The van der Waals surface area contributed by atoms with E-state index in [0.29, 0.717) is 44.4 Å². The molecular weight excluding hydrogens is 809 g/mol. The molecular formula is C42H44N8O8S2. The number of hydrogen-bond acceptors (Lipinski definition) is 14. The molecule has 16 nitrogen and oxygen atoms in total. The number of benzene rings is 4.